The van der Waals surface area contributed by atoms with Crippen molar-refractivity contribution in [2.24, 2.45) is 0 Å². The standard InChI is InChI=1S/C24H29FO7/c1-4-30-24(28)31-13-19-20(25)21(26)22(27)23(32-19)16-8-5-14(2)17(12-16)11-15-6-9-18(29-3)10-7-15/h5-10,12,19-23,26-27H,4,11,13H2,1-3H3. The molecule has 1 aliphatic heterocycles. The van der Waals surface area contributed by atoms with E-state index < -0.39 is 43.3 Å². The van der Waals surface area contributed by atoms with Gasteiger partial charge in [0, 0.05) is 0 Å². The summed E-state index contributed by atoms with van der Waals surface area (Å²) in [5.41, 5.74) is 3.71. The molecule has 0 aromatic heterocycles. The molecule has 0 spiro atoms. The van der Waals surface area contributed by atoms with E-state index >= 15 is 0 Å². The number of halogens is 1. The van der Waals surface area contributed by atoms with E-state index in [0.717, 1.165) is 22.4 Å². The van der Waals surface area contributed by atoms with Crippen LogP contribution in [-0.4, -0.2) is 61.2 Å². The lowest BCUT2D eigenvalue weighted by Gasteiger charge is -2.39. The number of benzene rings is 2. The topological polar surface area (TPSA) is 94.5 Å². The lowest BCUT2D eigenvalue weighted by atomic mass is 9.89. The molecule has 7 nitrogen and oxygen atoms in total. The Hall–Kier alpha value is -2.68. The molecule has 5 atom stereocenters. The molecule has 0 saturated carbocycles. The van der Waals surface area contributed by atoms with Crippen molar-refractivity contribution in [1.29, 1.82) is 0 Å². The van der Waals surface area contributed by atoms with Crippen LogP contribution in [0.1, 0.15) is 35.3 Å². The highest BCUT2D eigenvalue weighted by Crippen LogP contribution is 2.35. The average Bonchev–Trinajstić information content (AvgIpc) is 2.79. The number of ether oxygens (including phenoxy) is 4. The van der Waals surface area contributed by atoms with Crippen LogP contribution in [-0.2, 0) is 20.6 Å². The fourth-order valence-corrected chi connectivity index (χ4v) is 3.67. The van der Waals surface area contributed by atoms with E-state index in [1.54, 1.807) is 20.1 Å². The van der Waals surface area contributed by atoms with Gasteiger partial charge in [-0.3, -0.25) is 0 Å². The van der Waals surface area contributed by atoms with Crippen molar-refractivity contribution in [1.82, 2.24) is 0 Å². The van der Waals surface area contributed by atoms with Crippen molar-refractivity contribution in [2.45, 2.75) is 50.9 Å². The Labute approximate surface area is 186 Å². The molecule has 3 rings (SSSR count). The minimum atomic E-state index is -1.92. The maximum atomic E-state index is 14.5. The van der Waals surface area contributed by atoms with E-state index in [0.29, 0.717) is 12.0 Å². The zero-order chi connectivity index (χ0) is 23.3. The van der Waals surface area contributed by atoms with Crippen LogP contribution in [0.25, 0.3) is 0 Å². The van der Waals surface area contributed by atoms with Crippen LogP contribution in [0.4, 0.5) is 9.18 Å². The van der Waals surface area contributed by atoms with Crippen LogP contribution in [0.2, 0.25) is 0 Å². The van der Waals surface area contributed by atoms with Crippen molar-refractivity contribution in [2.75, 3.05) is 20.3 Å². The smallest absolute Gasteiger partial charge is 0.497 e. The third-order valence-corrected chi connectivity index (χ3v) is 5.55. The minimum Gasteiger partial charge on any atom is -0.497 e. The van der Waals surface area contributed by atoms with Gasteiger partial charge in [-0.15, -0.1) is 0 Å². The highest BCUT2D eigenvalue weighted by atomic mass is 19.1. The Morgan fingerprint density at radius 2 is 1.81 bits per heavy atom. The molecule has 0 amide bonds. The largest absolute Gasteiger partial charge is 0.508 e. The van der Waals surface area contributed by atoms with E-state index in [1.165, 1.54) is 0 Å². The Balaban J connectivity index is 1.78. The Morgan fingerprint density at radius 3 is 2.47 bits per heavy atom. The number of carbonyl (C=O) groups excluding carboxylic acids is 1. The predicted molar refractivity (Wildman–Crippen MR) is 114 cm³/mol. The van der Waals surface area contributed by atoms with Gasteiger partial charge in [0.15, 0.2) is 6.17 Å². The van der Waals surface area contributed by atoms with Gasteiger partial charge in [0.1, 0.15) is 36.8 Å². The van der Waals surface area contributed by atoms with Gasteiger partial charge >= 0.3 is 6.16 Å². The molecule has 174 valence electrons. The molecule has 0 radical (unpaired) electrons. The first-order valence-corrected chi connectivity index (χ1v) is 10.5. The highest BCUT2D eigenvalue weighted by molar-refractivity contribution is 5.59. The molecule has 2 aromatic carbocycles. The Kier molecular flexibility index (Phi) is 8.06. The van der Waals surface area contributed by atoms with Gasteiger partial charge in [-0.1, -0.05) is 30.3 Å². The SMILES string of the molecule is CCOC(=O)OCC1OC(c2ccc(C)c(Cc3ccc(OC)cc3)c2)C(O)C(O)C1F. The van der Waals surface area contributed by atoms with Crippen LogP contribution >= 0.6 is 0 Å². The molecule has 2 N–H and O–H groups in total. The zero-order valence-corrected chi connectivity index (χ0v) is 18.4. The van der Waals surface area contributed by atoms with Gasteiger partial charge in [-0.25, -0.2) is 9.18 Å². The zero-order valence-electron chi connectivity index (χ0n) is 18.4. The molecule has 8 heteroatoms. The van der Waals surface area contributed by atoms with Gasteiger partial charge in [0.2, 0.25) is 0 Å². The second-order valence-corrected chi connectivity index (χ2v) is 7.73. The number of hydrogen-bond acceptors (Lipinski definition) is 7. The molecule has 5 unspecified atom stereocenters. The first kappa shape index (κ1) is 24.0. The maximum Gasteiger partial charge on any atom is 0.508 e. The van der Waals surface area contributed by atoms with Crippen molar-refractivity contribution in [3.05, 3.63) is 64.7 Å². The predicted octanol–water partition coefficient (Wildman–Crippen LogP) is 3.27. The molecular formula is C24H29FO7. The molecule has 0 bridgehead atoms. The molecule has 0 aliphatic carbocycles. The van der Waals surface area contributed by atoms with Crippen LogP contribution in [0.5, 0.6) is 5.75 Å². The maximum absolute atomic E-state index is 14.5. The van der Waals surface area contributed by atoms with E-state index in [1.807, 2.05) is 43.3 Å². The second-order valence-electron chi connectivity index (χ2n) is 7.73. The van der Waals surface area contributed by atoms with Gasteiger partial charge < -0.3 is 29.2 Å². The van der Waals surface area contributed by atoms with E-state index in [-0.39, 0.29) is 6.61 Å². The normalized spacial score (nSPS) is 25.2. The average molecular weight is 448 g/mol. The molecule has 1 fully saturated rings. The molecule has 32 heavy (non-hydrogen) atoms. The molecule has 2 aromatic rings. The van der Waals surface area contributed by atoms with E-state index in [9.17, 15) is 19.4 Å². The summed E-state index contributed by atoms with van der Waals surface area (Å²) < 4.78 is 35.0. The number of carbonyl (C=O) groups is 1. The number of aliphatic hydroxyl groups is 2. The van der Waals surface area contributed by atoms with Gasteiger partial charge in [0.05, 0.1) is 13.7 Å². The van der Waals surface area contributed by atoms with Gasteiger partial charge in [0.25, 0.3) is 0 Å². The summed E-state index contributed by atoms with van der Waals surface area (Å²) in [6, 6.07) is 13.2. The molecule has 1 aliphatic rings. The number of hydrogen-bond donors (Lipinski definition) is 2. The first-order chi connectivity index (χ1) is 15.3. The number of alkyl halides is 1. The Morgan fingerprint density at radius 1 is 1.09 bits per heavy atom. The third-order valence-electron chi connectivity index (χ3n) is 5.55. The van der Waals surface area contributed by atoms with Crippen molar-refractivity contribution < 1.29 is 38.3 Å². The first-order valence-electron chi connectivity index (χ1n) is 10.5. The van der Waals surface area contributed by atoms with E-state index in [2.05, 4.69) is 4.74 Å². The lowest BCUT2D eigenvalue weighted by Crippen LogP contribution is -2.53. The molecular weight excluding hydrogens is 419 g/mol. The summed E-state index contributed by atoms with van der Waals surface area (Å²) in [5, 5.41) is 20.7. The summed E-state index contributed by atoms with van der Waals surface area (Å²) in [7, 11) is 1.61. The number of aryl methyl sites for hydroxylation is 1. The van der Waals surface area contributed by atoms with Crippen molar-refractivity contribution in [3.63, 3.8) is 0 Å². The van der Waals surface area contributed by atoms with Crippen LogP contribution in [0.3, 0.4) is 0 Å². The molecule has 1 saturated heterocycles. The summed E-state index contributed by atoms with van der Waals surface area (Å²) in [5.74, 6) is 0.767. The lowest BCUT2D eigenvalue weighted by molar-refractivity contribution is -0.215. The van der Waals surface area contributed by atoms with Gasteiger partial charge in [-0.05, 0) is 54.7 Å². The minimum absolute atomic E-state index is 0.119. The third kappa shape index (κ3) is 5.56. The quantitative estimate of drug-likeness (QED) is 0.628. The highest BCUT2D eigenvalue weighted by Gasteiger charge is 2.46. The molecule has 1 heterocycles. The fraction of sp³-hybridized carbons (Fsp3) is 0.458. The fourth-order valence-electron chi connectivity index (χ4n) is 3.67. The number of aliphatic hydroxyl groups excluding tert-OH is 2. The van der Waals surface area contributed by atoms with Crippen molar-refractivity contribution >= 4 is 6.16 Å². The number of methoxy groups -OCH3 is 1. The summed E-state index contributed by atoms with van der Waals surface area (Å²) in [6.07, 6.45) is -7.61. The summed E-state index contributed by atoms with van der Waals surface area (Å²) in [4.78, 5) is 11.4. The number of rotatable bonds is 7. The monoisotopic (exact) mass is 448 g/mol. The van der Waals surface area contributed by atoms with Crippen molar-refractivity contribution in [3.8, 4) is 5.75 Å². The van der Waals surface area contributed by atoms with Crippen LogP contribution in [0, 0.1) is 6.92 Å². The summed E-state index contributed by atoms with van der Waals surface area (Å²) in [6.45, 7) is 3.27. The van der Waals surface area contributed by atoms with Crippen LogP contribution in [0.15, 0.2) is 42.5 Å². The van der Waals surface area contributed by atoms with Crippen LogP contribution < -0.4 is 4.74 Å². The summed E-state index contributed by atoms with van der Waals surface area (Å²) >= 11 is 0. The van der Waals surface area contributed by atoms with Gasteiger partial charge in [-0.2, -0.15) is 0 Å². The van der Waals surface area contributed by atoms with E-state index in [4.69, 9.17) is 14.2 Å². The Bertz CT molecular complexity index is 902. The second kappa shape index (κ2) is 10.8.